The SMILES string of the molecule is c1ccc(-c2cc3c(cc2N(c2ccc4c(c2)C(c2ccccc2)(c2ccccc2)c2ccccc2-4)c2ccc4sc5ccccc5c4c2)C(c2ccccc2)(c2ccccc2)c2ccccc2-3)cc1. The van der Waals surface area contributed by atoms with Gasteiger partial charge in [-0.2, -0.15) is 0 Å². The second kappa shape index (κ2) is 16.0. The lowest BCUT2D eigenvalue weighted by Gasteiger charge is -2.36. The third-order valence-corrected chi connectivity index (χ3v) is 16.4. The van der Waals surface area contributed by atoms with E-state index in [1.54, 1.807) is 0 Å². The number of fused-ring (bicyclic) bond motifs is 9. The van der Waals surface area contributed by atoms with Gasteiger partial charge in [0.05, 0.1) is 16.5 Å². The lowest BCUT2D eigenvalue weighted by Crippen LogP contribution is -2.29. The highest BCUT2D eigenvalue weighted by Crippen LogP contribution is 2.61. The maximum absolute atomic E-state index is 2.57. The smallest absolute Gasteiger partial charge is 0.0714 e. The van der Waals surface area contributed by atoms with Crippen molar-refractivity contribution in [2.45, 2.75) is 10.8 Å². The fraction of sp³-hybridized carbons (Fsp3) is 0.0294. The zero-order valence-corrected chi connectivity index (χ0v) is 39.2. The van der Waals surface area contributed by atoms with Crippen LogP contribution in [-0.4, -0.2) is 0 Å². The molecule has 1 heterocycles. The maximum atomic E-state index is 2.57. The van der Waals surface area contributed by atoms with Crippen molar-refractivity contribution >= 4 is 48.6 Å². The van der Waals surface area contributed by atoms with Crippen molar-refractivity contribution in [2.24, 2.45) is 0 Å². The van der Waals surface area contributed by atoms with Crippen LogP contribution in [0.5, 0.6) is 0 Å². The van der Waals surface area contributed by atoms with Crippen LogP contribution in [0, 0.1) is 0 Å². The van der Waals surface area contributed by atoms with Gasteiger partial charge in [-0.3, -0.25) is 0 Å². The molecule has 2 aliphatic carbocycles. The molecule has 0 amide bonds. The molecule has 0 saturated carbocycles. The molecule has 0 spiro atoms. The number of anilines is 3. The van der Waals surface area contributed by atoms with E-state index in [0.29, 0.717) is 0 Å². The van der Waals surface area contributed by atoms with E-state index in [1.165, 1.54) is 98.1 Å². The van der Waals surface area contributed by atoms with E-state index >= 15 is 0 Å². The number of nitrogens with zero attached hydrogens (tertiary/aromatic N) is 1. The average Bonchev–Trinajstić information content (AvgIpc) is 4.06. The van der Waals surface area contributed by atoms with Crippen molar-refractivity contribution in [1.82, 2.24) is 0 Å². The van der Waals surface area contributed by atoms with E-state index in [4.69, 9.17) is 0 Å². The largest absolute Gasteiger partial charge is 0.310 e. The first-order valence-electron chi connectivity index (χ1n) is 24.2. The van der Waals surface area contributed by atoms with E-state index in [-0.39, 0.29) is 0 Å². The van der Waals surface area contributed by atoms with Crippen LogP contribution in [0.3, 0.4) is 0 Å². The van der Waals surface area contributed by atoms with Crippen molar-refractivity contribution in [3.8, 4) is 33.4 Å². The summed E-state index contributed by atoms with van der Waals surface area (Å²) in [7, 11) is 0. The molecule has 0 radical (unpaired) electrons. The van der Waals surface area contributed by atoms with E-state index in [0.717, 1.165) is 17.1 Å². The zero-order valence-electron chi connectivity index (χ0n) is 38.3. The minimum atomic E-state index is -0.590. The third-order valence-electron chi connectivity index (χ3n) is 15.2. The predicted molar refractivity (Wildman–Crippen MR) is 294 cm³/mol. The monoisotopic (exact) mass is 907 g/mol. The molecule has 14 rings (SSSR count). The normalized spacial score (nSPS) is 13.7. The summed E-state index contributed by atoms with van der Waals surface area (Å²) in [6.07, 6.45) is 0. The van der Waals surface area contributed by atoms with Crippen LogP contribution in [0.2, 0.25) is 0 Å². The molecule has 0 bridgehead atoms. The van der Waals surface area contributed by atoms with Crippen molar-refractivity contribution in [2.75, 3.05) is 4.90 Å². The molecule has 0 saturated heterocycles. The van der Waals surface area contributed by atoms with Crippen molar-refractivity contribution in [3.63, 3.8) is 0 Å². The van der Waals surface area contributed by atoms with Gasteiger partial charge in [-0.15, -0.1) is 11.3 Å². The molecule has 1 nitrogen and oxygen atoms in total. The highest BCUT2D eigenvalue weighted by atomic mass is 32.1. The first kappa shape index (κ1) is 40.5. The fourth-order valence-electron chi connectivity index (χ4n) is 12.4. The Morgan fingerprint density at radius 2 is 0.700 bits per heavy atom. The number of thiophene rings is 1. The van der Waals surface area contributed by atoms with E-state index in [9.17, 15) is 0 Å². The van der Waals surface area contributed by atoms with Gasteiger partial charge in [0.25, 0.3) is 0 Å². The summed E-state index contributed by atoms with van der Waals surface area (Å²) < 4.78 is 2.57. The van der Waals surface area contributed by atoms with Crippen LogP contribution in [0.25, 0.3) is 53.6 Å². The Balaban J connectivity index is 1.12. The minimum absolute atomic E-state index is 0.568. The van der Waals surface area contributed by atoms with Crippen LogP contribution in [0.4, 0.5) is 17.1 Å². The Bertz CT molecular complexity index is 3850. The van der Waals surface area contributed by atoms with Crippen molar-refractivity contribution in [1.29, 1.82) is 0 Å². The zero-order chi connectivity index (χ0) is 46.2. The Labute approximate surface area is 412 Å². The summed E-state index contributed by atoms with van der Waals surface area (Å²) in [5, 5.41) is 2.54. The molecular weight excluding hydrogens is 863 g/mol. The number of benzene rings is 11. The molecule has 328 valence electrons. The molecule has 0 unspecified atom stereocenters. The Morgan fingerprint density at radius 1 is 0.271 bits per heavy atom. The molecule has 1 aromatic heterocycles. The first-order valence-corrected chi connectivity index (χ1v) is 25.1. The molecule has 70 heavy (non-hydrogen) atoms. The van der Waals surface area contributed by atoms with E-state index < -0.39 is 10.8 Å². The lowest BCUT2D eigenvalue weighted by molar-refractivity contribution is 0.767. The van der Waals surface area contributed by atoms with Gasteiger partial charge in [-0.25, -0.2) is 0 Å². The highest BCUT2D eigenvalue weighted by Gasteiger charge is 2.48. The highest BCUT2D eigenvalue weighted by molar-refractivity contribution is 7.25. The first-order chi connectivity index (χ1) is 34.7. The summed E-state index contributed by atoms with van der Waals surface area (Å²) in [5.41, 5.74) is 19.7. The molecule has 0 aliphatic heterocycles. The summed E-state index contributed by atoms with van der Waals surface area (Å²) >= 11 is 1.86. The second-order valence-corrected chi connectivity index (χ2v) is 19.8. The number of rotatable bonds is 8. The van der Waals surface area contributed by atoms with Gasteiger partial charge < -0.3 is 4.90 Å². The van der Waals surface area contributed by atoms with Gasteiger partial charge >= 0.3 is 0 Å². The van der Waals surface area contributed by atoms with Gasteiger partial charge in [0.1, 0.15) is 0 Å². The predicted octanol–water partition coefficient (Wildman–Crippen LogP) is 17.9. The summed E-state index contributed by atoms with van der Waals surface area (Å²) in [6, 6.07) is 102. The molecule has 2 heteroatoms. The number of hydrogen-bond acceptors (Lipinski definition) is 2. The lowest BCUT2D eigenvalue weighted by atomic mass is 9.67. The van der Waals surface area contributed by atoms with Crippen LogP contribution < -0.4 is 4.90 Å². The average molecular weight is 908 g/mol. The van der Waals surface area contributed by atoms with Gasteiger partial charge in [0.15, 0.2) is 0 Å². The van der Waals surface area contributed by atoms with Gasteiger partial charge in [-0.1, -0.05) is 224 Å². The van der Waals surface area contributed by atoms with Gasteiger partial charge in [0.2, 0.25) is 0 Å². The Kier molecular flexibility index (Phi) is 9.27. The molecular formula is C68H45NS. The number of hydrogen-bond donors (Lipinski definition) is 0. The minimum Gasteiger partial charge on any atom is -0.310 e. The molecule has 2 aliphatic rings. The summed E-state index contributed by atoms with van der Waals surface area (Å²) in [5.74, 6) is 0. The molecule has 11 aromatic carbocycles. The summed E-state index contributed by atoms with van der Waals surface area (Å²) in [6.45, 7) is 0. The second-order valence-electron chi connectivity index (χ2n) is 18.7. The van der Waals surface area contributed by atoms with E-state index in [2.05, 4.69) is 278 Å². The standard InChI is InChI=1S/C68H45NS/c1-6-22-46(23-7-1)57-44-58-54-33-17-20-36-61(54)68(49-28-12-4-13-29-49,50-30-14-5-15-31-50)63(58)45-64(57)69(51-39-41-66-59(42-51)56-34-18-21-37-65(56)70-66)52-38-40-55-53-32-16-19-35-60(53)67(62(55)43-52,47-24-8-2-9-25-47)48-26-10-3-11-27-48/h1-45H. The van der Waals surface area contributed by atoms with E-state index in [1.807, 2.05) is 11.3 Å². The van der Waals surface area contributed by atoms with Crippen LogP contribution in [-0.2, 0) is 10.8 Å². The van der Waals surface area contributed by atoms with Crippen molar-refractivity contribution in [3.05, 3.63) is 317 Å². The fourth-order valence-corrected chi connectivity index (χ4v) is 13.4. The Hall–Kier alpha value is -8.56. The summed E-state index contributed by atoms with van der Waals surface area (Å²) in [4.78, 5) is 2.57. The topological polar surface area (TPSA) is 3.24 Å². The maximum Gasteiger partial charge on any atom is 0.0714 e. The molecule has 0 atom stereocenters. The van der Waals surface area contributed by atoms with Crippen LogP contribution in [0.1, 0.15) is 44.5 Å². The van der Waals surface area contributed by atoms with Gasteiger partial charge in [-0.05, 0) is 121 Å². The van der Waals surface area contributed by atoms with Crippen LogP contribution >= 0.6 is 11.3 Å². The van der Waals surface area contributed by atoms with Crippen LogP contribution in [0.15, 0.2) is 273 Å². The molecule has 12 aromatic rings. The molecule has 0 N–H and O–H groups in total. The quantitative estimate of drug-likeness (QED) is 0.147. The molecule has 0 fully saturated rings. The Morgan fingerprint density at radius 3 is 1.29 bits per heavy atom. The van der Waals surface area contributed by atoms with Gasteiger partial charge in [0, 0.05) is 37.1 Å². The van der Waals surface area contributed by atoms with Crippen molar-refractivity contribution < 1.29 is 0 Å². The third kappa shape index (κ3) is 5.84.